The van der Waals surface area contributed by atoms with E-state index in [0.29, 0.717) is 17.1 Å². The maximum atomic E-state index is 13.2. The largest absolute Gasteiger partial charge is 0.507 e. The van der Waals surface area contributed by atoms with Crippen LogP contribution >= 0.6 is 11.6 Å². The fourth-order valence-corrected chi connectivity index (χ4v) is 5.57. The predicted octanol–water partition coefficient (Wildman–Crippen LogP) is 9.55. The molecule has 4 nitrogen and oxygen atoms in total. The van der Waals surface area contributed by atoms with Crippen molar-refractivity contribution in [1.29, 1.82) is 0 Å². The molecule has 1 N–H and O–H groups in total. The maximum Gasteiger partial charge on any atom is 0.295 e. The van der Waals surface area contributed by atoms with Crippen molar-refractivity contribution in [2.24, 2.45) is 0 Å². The number of carbonyl (C=O) groups is 2. The van der Waals surface area contributed by atoms with E-state index in [4.69, 9.17) is 11.6 Å². The number of ketones is 1. The van der Waals surface area contributed by atoms with Crippen LogP contribution in [0.3, 0.4) is 0 Å². The summed E-state index contributed by atoms with van der Waals surface area (Å²) < 4.78 is 0. The van der Waals surface area contributed by atoms with Crippen LogP contribution in [0.15, 0.2) is 54.1 Å². The fraction of sp³-hybridized carbons (Fsp3) is 0.529. The smallest absolute Gasteiger partial charge is 0.295 e. The van der Waals surface area contributed by atoms with Crippen LogP contribution < -0.4 is 0 Å². The van der Waals surface area contributed by atoms with E-state index in [1.54, 1.807) is 29.2 Å². The molecule has 1 fully saturated rings. The SMILES string of the molecule is CCCCCCCCCCCCCCCCN1C(=O)C(=O)C(=C(O)c2ccc(C)cc2)[C@@H]1c1ccc(Cl)cc1. The van der Waals surface area contributed by atoms with Gasteiger partial charge in [0.25, 0.3) is 11.7 Å². The fourth-order valence-electron chi connectivity index (χ4n) is 5.45. The number of unbranched alkanes of at least 4 members (excludes halogenated alkanes) is 13. The standard InChI is InChI=1S/C34H46ClNO3/c1-3-4-5-6-7-8-9-10-11-12-13-14-15-16-25-36-31(27-21-23-29(35)24-22-27)30(33(38)34(36)39)32(37)28-19-17-26(2)18-20-28/h17-24,31,37H,3-16,25H2,1-2H3/t31-/m0/s1. The van der Waals surface area contributed by atoms with Crippen LogP contribution in [0, 0.1) is 6.92 Å². The Balaban J connectivity index is 1.52. The molecule has 1 heterocycles. The minimum Gasteiger partial charge on any atom is -0.507 e. The van der Waals surface area contributed by atoms with Crippen molar-refractivity contribution < 1.29 is 14.7 Å². The minimum absolute atomic E-state index is 0.128. The van der Waals surface area contributed by atoms with E-state index >= 15 is 0 Å². The minimum atomic E-state index is -0.626. The highest BCUT2D eigenvalue weighted by atomic mass is 35.5. The molecule has 1 saturated heterocycles. The highest BCUT2D eigenvalue weighted by molar-refractivity contribution is 6.46. The van der Waals surface area contributed by atoms with E-state index in [-0.39, 0.29) is 11.3 Å². The van der Waals surface area contributed by atoms with Gasteiger partial charge in [-0.1, -0.05) is 144 Å². The Kier molecular flexibility index (Phi) is 13.1. The number of nitrogens with zero attached hydrogens (tertiary/aromatic N) is 1. The second-order valence-corrected chi connectivity index (χ2v) is 11.4. The Morgan fingerprint density at radius 1 is 0.744 bits per heavy atom. The molecule has 3 rings (SSSR count). The molecule has 0 aliphatic carbocycles. The molecule has 0 unspecified atom stereocenters. The molecule has 0 spiro atoms. The molecule has 1 amide bonds. The first kappa shape index (κ1) is 30.9. The number of amides is 1. The molecule has 212 valence electrons. The van der Waals surface area contributed by atoms with E-state index < -0.39 is 17.7 Å². The van der Waals surface area contributed by atoms with Crippen molar-refractivity contribution in [2.45, 2.75) is 110 Å². The molecule has 1 aliphatic rings. The van der Waals surface area contributed by atoms with Gasteiger partial charge in [-0.15, -0.1) is 0 Å². The second kappa shape index (κ2) is 16.5. The topological polar surface area (TPSA) is 57.6 Å². The van der Waals surface area contributed by atoms with Crippen LogP contribution in [-0.4, -0.2) is 28.2 Å². The van der Waals surface area contributed by atoms with Gasteiger partial charge in [0.1, 0.15) is 5.76 Å². The molecular formula is C34H46ClNO3. The predicted molar refractivity (Wildman–Crippen MR) is 162 cm³/mol. The van der Waals surface area contributed by atoms with Crippen molar-refractivity contribution in [1.82, 2.24) is 4.90 Å². The van der Waals surface area contributed by atoms with Gasteiger partial charge < -0.3 is 10.0 Å². The van der Waals surface area contributed by atoms with Gasteiger partial charge >= 0.3 is 0 Å². The zero-order valence-electron chi connectivity index (χ0n) is 23.9. The summed E-state index contributed by atoms with van der Waals surface area (Å²) in [5.74, 6) is -1.30. The van der Waals surface area contributed by atoms with Crippen LogP contribution in [0.2, 0.25) is 5.02 Å². The second-order valence-electron chi connectivity index (χ2n) is 11.0. The molecule has 0 radical (unpaired) electrons. The Labute approximate surface area is 240 Å². The van der Waals surface area contributed by atoms with Crippen LogP contribution in [0.25, 0.3) is 5.76 Å². The molecule has 1 aliphatic heterocycles. The highest BCUT2D eigenvalue weighted by Gasteiger charge is 2.45. The quantitative estimate of drug-likeness (QED) is 0.0921. The van der Waals surface area contributed by atoms with Gasteiger partial charge in [0.2, 0.25) is 0 Å². The number of benzene rings is 2. The number of aliphatic hydroxyl groups is 1. The number of Topliss-reactive ketones (excluding diaryl/α,β-unsaturated/α-hetero) is 1. The maximum absolute atomic E-state index is 13.2. The number of carbonyl (C=O) groups excluding carboxylic acids is 2. The summed E-state index contributed by atoms with van der Waals surface area (Å²) in [6, 6.07) is 13.9. The first-order valence-corrected chi connectivity index (χ1v) is 15.4. The Bertz CT molecular complexity index is 1070. The summed E-state index contributed by atoms with van der Waals surface area (Å²) in [7, 11) is 0. The number of hydrogen-bond donors (Lipinski definition) is 1. The van der Waals surface area contributed by atoms with E-state index in [0.717, 1.165) is 30.4 Å². The van der Waals surface area contributed by atoms with Crippen LogP contribution in [0.1, 0.15) is 120 Å². The van der Waals surface area contributed by atoms with Gasteiger partial charge in [-0.3, -0.25) is 9.59 Å². The third-order valence-corrected chi connectivity index (χ3v) is 8.06. The summed E-state index contributed by atoms with van der Waals surface area (Å²) in [5, 5.41) is 11.7. The number of rotatable bonds is 17. The molecule has 0 saturated carbocycles. The third-order valence-electron chi connectivity index (χ3n) is 7.80. The van der Waals surface area contributed by atoms with Gasteiger partial charge in [0.15, 0.2) is 0 Å². The normalized spacial score (nSPS) is 16.8. The van der Waals surface area contributed by atoms with Crippen LogP contribution in [0.4, 0.5) is 0 Å². The lowest BCUT2D eigenvalue weighted by Crippen LogP contribution is -2.30. The Hall–Kier alpha value is -2.59. The van der Waals surface area contributed by atoms with E-state index in [2.05, 4.69) is 6.92 Å². The van der Waals surface area contributed by atoms with Crippen molar-refractivity contribution >= 4 is 29.1 Å². The van der Waals surface area contributed by atoms with Crippen LogP contribution in [-0.2, 0) is 9.59 Å². The van der Waals surface area contributed by atoms with Gasteiger partial charge in [-0.2, -0.15) is 0 Å². The van der Waals surface area contributed by atoms with E-state index in [1.165, 1.54) is 70.6 Å². The average Bonchev–Trinajstić information content (AvgIpc) is 3.18. The van der Waals surface area contributed by atoms with Gasteiger partial charge in [0.05, 0.1) is 11.6 Å². The number of halogens is 1. The molecule has 0 bridgehead atoms. The molecule has 0 aromatic heterocycles. The molecule has 2 aromatic rings. The molecule has 1 atom stereocenters. The molecule has 5 heteroatoms. The lowest BCUT2D eigenvalue weighted by molar-refractivity contribution is -0.139. The zero-order chi connectivity index (χ0) is 28.0. The van der Waals surface area contributed by atoms with Crippen molar-refractivity contribution in [3.8, 4) is 0 Å². The number of hydrogen-bond acceptors (Lipinski definition) is 3. The highest BCUT2D eigenvalue weighted by Crippen LogP contribution is 2.40. The summed E-state index contributed by atoms with van der Waals surface area (Å²) in [4.78, 5) is 27.9. The summed E-state index contributed by atoms with van der Waals surface area (Å²) >= 11 is 6.12. The van der Waals surface area contributed by atoms with Gasteiger partial charge in [-0.05, 0) is 31.0 Å². The number of likely N-dealkylation sites (tertiary alicyclic amines) is 1. The third kappa shape index (κ3) is 9.24. The molecular weight excluding hydrogens is 506 g/mol. The van der Waals surface area contributed by atoms with Crippen molar-refractivity contribution in [3.05, 3.63) is 75.8 Å². The van der Waals surface area contributed by atoms with Gasteiger partial charge in [0, 0.05) is 17.1 Å². The van der Waals surface area contributed by atoms with Crippen molar-refractivity contribution in [2.75, 3.05) is 6.54 Å². The van der Waals surface area contributed by atoms with Gasteiger partial charge in [-0.25, -0.2) is 0 Å². The molecule has 2 aromatic carbocycles. The summed E-state index contributed by atoms with van der Waals surface area (Å²) in [5.41, 5.74) is 2.52. The first-order chi connectivity index (χ1) is 18.9. The monoisotopic (exact) mass is 551 g/mol. The number of aryl methyl sites for hydroxylation is 1. The Morgan fingerprint density at radius 2 is 1.23 bits per heavy atom. The first-order valence-electron chi connectivity index (χ1n) is 15.0. The summed E-state index contributed by atoms with van der Waals surface area (Å²) in [6.07, 6.45) is 17.7. The number of aliphatic hydroxyl groups excluding tert-OH is 1. The average molecular weight is 552 g/mol. The summed E-state index contributed by atoms with van der Waals surface area (Å²) in [6.45, 7) is 4.71. The van der Waals surface area contributed by atoms with E-state index in [9.17, 15) is 14.7 Å². The Morgan fingerprint density at radius 3 is 1.74 bits per heavy atom. The zero-order valence-corrected chi connectivity index (χ0v) is 24.6. The van der Waals surface area contributed by atoms with Crippen molar-refractivity contribution in [3.63, 3.8) is 0 Å². The van der Waals surface area contributed by atoms with Crippen LogP contribution in [0.5, 0.6) is 0 Å². The van der Waals surface area contributed by atoms with E-state index in [1.807, 2.05) is 31.2 Å². The lowest BCUT2D eigenvalue weighted by atomic mass is 9.95. The lowest BCUT2D eigenvalue weighted by Gasteiger charge is -2.25. The molecule has 39 heavy (non-hydrogen) atoms.